The maximum Gasteiger partial charge on any atom is 0.261 e. The molecule has 8 heteroatoms. The molecule has 0 atom stereocenters. The van der Waals surface area contributed by atoms with E-state index in [0.717, 1.165) is 0 Å². The van der Waals surface area contributed by atoms with Crippen LogP contribution in [0.15, 0.2) is 0 Å². The van der Waals surface area contributed by atoms with Gasteiger partial charge in [-0.05, 0) is 13.8 Å². The lowest BCUT2D eigenvalue weighted by Gasteiger charge is -2.43. The zero-order valence-corrected chi connectivity index (χ0v) is 13.3. The van der Waals surface area contributed by atoms with E-state index in [9.17, 15) is 13.6 Å². The van der Waals surface area contributed by atoms with Gasteiger partial charge in [0.05, 0.1) is 23.6 Å². The average molecular weight is 323 g/mol. The molecule has 2 N–H and O–H groups in total. The summed E-state index contributed by atoms with van der Waals surface area (Å²) in [5, 5.41) is 0. The first-order valence-electron chi connectivity index (χ1n) is 6.93. The molecule has 122 valence electrons. The van der Waals surface area contributed by atoms with Crippen LogP contribution in [-0.2, 0) is 9.53 Å². The van der Waals surface area contributed by atoms with Gasteiger partial charge < -0.3 is 15.4 Å². The first-order valence-corrected chi connectivity index (χ1v) is 7.34. The summed E-state index contributed by atoms with van der Waals surface area (Å²) in [6.45, 7) is 5.88. The van der Waals surface area contributed by atoms with Crippen molar-refractivity contribution in [3.05, 3.63) is 0 Å². The molecule has 0 unspecified atom stereocenters. The summed E-state index contributed by atoms with van der Waals surface area (Å²) in [5.41, 5.74) is 5.36. The van der Waals surface area contributed by atoms with Crippen molar-refractivity contribution in [2.75, 3.05) is 39.4 Å². The van der Waals surface area contributed by atoms with Crippen LogP contribution in [0.1, 0.15) is 20.3 Å². The highest BCUT2D eigenvalue weighted by Gasteiger charge is 2.33. The third-order valence-electron chi connectivity index (χ3n) is 3.73. The van der Waals surface area contributed by atoms with Crippen LogP contribution in [0.5, 0.6) is 0 Å². The number of hydrogen-bond acceptors (Lipinski definition) is 4. The molecule has 0 aromatic heterocycles. The van der Waals surface area contributed by atoms with Gasteiger partial charge in [-0.15, -0.1) is 0 Å². The summed E-state index contributed by atoms with van der Waals surface area (Å²) < 4.78 is 28.5. The number of carbonyl (C=O) groups excluding carboxylic acids is 1. The summed E-state index contributed by atoms with van der Waals surface area (Å²) >= 11 is 5.06. The second-order valence-corrected chi connectivity index (χ2v) is 5.95. The fourth-order valence-electron chi connectivity index (χ4n) is 2.16. The van der Waals surface area contributed by atoms with Gasteiger partial charge in [0.25, 0.3) is 6.43 Å². The van der Waals surface area contributed by atoms with E-state index in [0.29, 0.717) is 31.2 Å². The normalized spacial score (nSPS) is 17.3. The van der Waals surface area contributed by atoms with E-state index in [4.69, 9.17) is 22.7 Å². The molecular formula is C13H23F2N3O2S. The largest absolute Gasteiger partial charge is 0.392 e. The van der Waals surface area contributed by atoms with E-state index in [1.807, 2.05) is 13.8 Å². The van der Waals surface area contributed by atoms with Gasteiger partial charge in [0.15, 0.2) is 0 Å². The SMILES string of the molecule is CC(C)(C(N)=S)N1CCN(C(=O)CCOCC(F)F)CC1. The highest BCUT2D eigenvalue weighted by molar-refractivity contribution is 7.80. The lowest BCUT2D eigenvalue weighted by atomic mass is 10.0. The number of amides is 1. The molecule has 1 heterocycles. The van der Waals surface area contributed by atoms with E-state index in [1.165, 1.54) is 0 Å². The molecule has 0 aliphatic carbocycles. The van der Waals surface area contributed by atoms with Gasteiger partial charge in [-0.25, -0.2) is 8.78 Å². The van der Waals surface area contributed by atoms with Gasteiger partial charge in [-0.2, -0.15) is 0 Å². The van der Waals surface area contributed by atoms with Crippen molar-refractivity contribution in [3.8, 4) is 0 Å². The topological polar surface area (TPSA) is 58.8 Å². The molecular weight excluding hydrogens is 300 g/mol. The van der Waals surface area contributed by atoms with E-state index in [-0.39, 0.29) is 24.5 Å². The number of alkyl halides is 2. The number of nitrogens with zero attached hydrogens (tertiary/aromatic N) is 2. The lowest BCUT2D eigenvalue weighted by molar-refractivity contribution is -0.135. The van der Waals surface area contributed by atoms with Gasteiger partial charge >= 0.3 is 0 Å². The van der Waals surface area contributed by atoms with Crippen LogP contribution >= 0.6 is 12.2 Å². The number of carbonyl (C=O) groups is 1. The molecule has 0 bridgehead atoms. The van der Waals surface area contributed by atoms with Gasteiger partial charge in [-0.3, -0.25) is 9.69 Å². The summed E-state index contributed by atoms with van der Waals surface area (Å²) in [5.74, 6) is -0.0722. The third kappa shape index (κ3) is 5.44. The smallest absolute Gasteiger partial charge is 0.261 e. The Bertz CT molecular complexity index is 372. The van der Waals surface area contributed by atoms with Crippen molar-refractivity contribution in [3.63, 3.8) is 0 Å². The fourth-order valence-corrected chi connectivity index (χ4v) is 2.29. The second-order valence-electron chi connectivity index (χ2n) is 5.51. The average Bonchev–Trinajstić information content (AvgIpc) is 2.43. The maximum atomic E-state index is 11.9. The standard InChI is InChI=1S/C13H23F2N3O2S/c1-13(2,12(16)21)18-6-4-17(5-7-18)11(19)3-8-20-9-10(14)15/h10H,3-9H2,1-2H3,(H2,16,21). The number of halogens is 2. The van der Waals surface area contributed by atoms with Crippen molar-refractivity contribution >= 4 is 23.1 Å². The molecule has 1 fully saturated rings. The Morgan fingerprint density at radius 1 is 1.33 bits per heavy atom. The zero-order chi connectivity index (χ0) is 16.0. The van der Waals surface area contributed by atoms with Crippen LogP contribution in [0.3, 0.4) is 0 Å². The molecule has 1 aliphatic rings. The van der Waals surface area contributed by atoms with Gasteiger partial charge in [0, 0.05) is 26.2 Å². The molecule has 1 saturated heterocycles. The van der Waals surface area contributed by atoms with E-state index in [1.54, 1.807) is 4.90 Å². The van der Waals surface area contributed by atoms with Crippen LogP contribution in [0, 0.1) is 0 Å². The van der Waals surface area contributed by atoms with Gasteiger partial charge in [-0.1, -0.05) is 12.2 Å². The Morgan fingerprint density at radius 3 is 2.38 bits per heavy atom. The summed E-state index contributed by atoms with van der Waals surface area (Å²) in [6.07, 6.45) is -2.36. The minimum atomic E-state index is -2.49. The molecule has 0 saturated carbocycles. The van der Waals surface area contributed by atoms with Crippen LogP contribution in [-0.4, -0.2) is 72.1 Å². The minimum Gasteiger partial charge on any atom is -0.392 e. The lowest BCUT2D eigenvalue weighted by Crippen LogP contribution is -2.59. The molecule has 1 rings (SSSR count). The fraction of sp³-hybridized carbons (Fsp3) is 0.846. The van der Waals surface area contributed by atoms with Gasteiger partial charge in [0.2, 0.25) is 5.91 Å². The van der Waals surface area contributed by atoms with Crippen LogP contribution in [0.2, 0.25) is 0 Å². The molecule has 0 aromatic carbocycles. The number of rotatable bonds is 7. The van der Waals surface area contributed by atoms with Crippen molar-refractivity contribution < 1.29 is 18.3 Å². The third-order valence-corrected chi connectivity index (χ3v) is 4.23. The predicted molar refractivity (Wildman–Crippen MR) is 80.5 cm³/mol. The molecule has 0 radical (unpaired) electrons. The molecule has 0 aromatic rings. The molecule has 21 heavy (non-hydrogen) atoms. The van der Waals surface area contributed by atoms with Crippen molar-refractivity contribution in [2.24, 2.45) is 5.73 Å². The Balaban J connectivity index is 2.32. The second kappa shape index (κ2) is 7.95. The van der Waals surface area contributed by atoms with Crippen molar-refractivity contribution in [1.82, 2.24) is 9.80 Å². The van der Waals surface area contributed by atoms with Crippen molar-refractivity contribution in [1.29, 1.82) is 0 Å². The number of hydrogen-bond donors (Lipinski definition) is 1. The highest BCUT2D eigenvalue weighted by atomic mass is 32.1. The number of thiocarbonyl (C=S) groups is 1. The molecule has 1 amide bonds. The molecule has 1 aliphatic heterocycles. The molecule has 0 spiro atoms. The number of piperazine rings is 1. The van der Waals surface area contributed by atoms with E-state index >= 15 is 0 Å². The summed E-state index contributed by atoms with van der Waals surface area (Å²) in [6, 6.07) is 0. The molecule has 5 nitrogen and oxygen atoms in total. The number of ether oxygens (including phenoxy) is 1. The van der Waals surface area contributed by atoms with Crippen LogP contribution < -0.4 is 5.73 Å². The van der Waals surface area contributed by atoms with E-state index in [2.05, 4.69) is 4.90 Å². The van der Waals surface area contributed by atoms with Crippen molar-refractivity contribution in [2.45, 2.75) is 32.2 Å². The number of nitrogens with two attached hydrogens (primary N) is 1. The Kier molecular flexibility index (Phi) is 6.89. The Morgan fingerprint density at radius 2 is 1.90 bits per heavy atom. The monoisotopic (exact) mass is 323 g/mol. The maximum absolute atomic E-state index is 11.9. The summed E-state index contributed by atoms with van der Waals surface area (Å²) in [4.78, 5) is 16.2. The van der Waals surface area contributed by atoms with Gasteiger partial charge in [0.1, 0.15) is 6.61 Å². The first kappa shape index (κ1) is 18.2. The quantitative estimate of drug-likeness (QED) is 0.556. The Hall–Kier alpha value is -0.860. The first-order chi connectivity index (χ1) is 9.75. The minimum absolute atomic E-state index is 0.0295. The predicted octanol–water partition coefficient (Wildman–Crippen LogP) is 0.867. The van der Waals surface area contributed by atoms with Crippen LogP contribution in [0.4, 0.5) is 8.78 Å². The summed E-state index contributed by atoms with van der Waals surface area (Å²) in [7, 11) is 0. The Labute approximate surface area is 129 Å². The van der Waals surface area contributed by atoms with E-state index < -0.39 is 13.0 Å². The highest BCUT2D eigenvalue weighted by Crippen LogP contribution is 2.17. The zero-order valence-electron chi connectivity index (χ0n) is 12.5. The van der Waals surface area contributed by atoms with Crippen LogP contribution in [0.25, 0.3) is 0 Å².